The van der Waals surface area contributed by atoms with E-state index < -0.39 is 65.6 Å². The van der Waals surface area contributed by atoms with Gasteiger partial charge in [-0.2, -0.15) is 4.31 Å². The predicted octanol–water partition coefficient (Wildman–Crippen LogP) is 9.07. The van der Waals surface area contributed by atoms with Crippen LogP contribution in [0.4, 0.5) is 0 Å². The number of pyridine rings is 1. The molecule has 2 aliphatic heterocycles. The SMILES string of the molecule is CCc1ccncc1-c1c2c3cc(ccc3n1CC)-c1cc(cc(O[Si](C(C)C)(C(C)C)C(C)C)c1)C[C@H](NC(=O)[C@H](C(C)C)N(C)S(C)(=O)=O)C(=O)N1CCC[C@H](N1)C(=O)OCC(C)(C)C2. The molecular weight excluding hydrogens is 881 g/mol. The van der Waals surface area contributed by atoms with Crippen molar-refractivity contribution in [3.8, 4) is 28.1 Å². The minimum absolute atomic E-state index is 0.0634. The van der Waals surface area contributed by atoms with Crippen LogP contribution in [0, 0.1) is 11.3 Å². The fourth-order valence-electron chi connectivity index (χ4n) is 10.9. The van der Waals surface area contributed by atoms with Gasteiger partial charge < -0.3 is 19.0 Å². The monoisotopic (exact) mass is 957 g/mol. The van der Waals surface area contributed by atoms with Gasteiger partial charge in [0.1, 0.15) is 23.9 Å². The van der Waals surface area contributed by atoms with E-state index in [9.17, 15) is 22.8 Å². The fourth-order valence-corrected chi connectivity index (χ4v) is 16.9. The number of ether oxygens (including phenoxy) is 1. The second kappa shape index (κ2) is 20.6. The van der Waals surface area contributed by atoms with E-state index in [0.717, 1.165) is 67.9 Å². The summed E-state index contributed by atoms with van der Waals surface area (Å²) in [5.74, 6) is -1.20. The maximum absolute atomic E-state index is 14.9. The first kappa shape index (κ1) is 51.8. The molecule has 3 atom stereocenters. The summed E-state index contributed by atoms with van der Waals surface area (Å²) < 4.78 is 42.7. The Bertz CT molecular complexity index is 2550. The lowest BCUT2D eigenvalue weighted by molar-refractivity contribution is -0.155. The summed E-state index contributed by atoms with van der Waals surface area (Å²) in [5.41, 5.74) is 11.8. The number of fused-ring (bicyclic) bond motifs is 6. The molecule has 6 rings (SSSR count). The molecule has 0 spiro atoms. The molecule has 0 unspecified atom stereocenters. The number of carbonyl (C=O) groups is 3. The summed E-state index contributed by atoms with van der Waals surface area (Å²) in [6.45, 7) is 26.8. The average molecular weight is 957 g/mol. The van der Waals surface area contributed by atoms with Gasteiger partial charge in [0.25, 0.3) is 14.2 Å². The van der Waals surface area contributed by atoms with Gasteiger partial charge in [0.05, 0.1) is 18.6 Å². The first-order chi connectivity index (χ1) is 31.4. The molecule has 2 aromatic heterocycles. The maximum atomic E-state index is 14.9. The molecular formula is C52H76N6O7SSi. The lowest BCUT2D eigenvalue weighted by Gasteiger charge is -2.42. The average Bonchev–Trinajstić information content (AvgIpc) is 3.56. The van der Waals surface area contributed by atoms with Crippen molar-refractivity contribution in [2.75, 3.05) is 26.5 Å². The molecule has 4 aromatic rings. The smallest absolute Gasteiger partial charge is 0.324 e. The number of hydrogen-bond donors (Lipinski definition) is 2. The Labute approximate surface area is 400 Å². The Morgan fingerprint density at radius 1 is 1.00 bits per heavy atom. The van der Waals surface area contributed by atoms with Crippen molar-refractivity contribution >= 4 is 47.0 Å². The first-order valence-electron chi connectivity index (χ1n) is 24.3. The summed E-state index contributed by atoms with van der Waals surface area (Å²) in [5, 5.41) is 5.52. The molecule has 2 amide bonds. The van der Waals surface area contributed by atoms with E-state index in [0.29, 0.717) is 31.6 Å². The van der Waals surface area contributed by atoms with Crippen LogP contribution >= 0.6 is 0 Å². The second-order valence-corrected chi connectivity index (χ2v) is 28.4. The molecule has 2 N–H and O–H groups in total. The summed E-state index contributed by atoms with van der Waals surface area (Å²) in [6, 6.07) is 11.9. The quantitative estimate of drug-likeness (QED) is 0.0988. The van der Waals surface area contributed by atoms with Crippen LogP contribution in [0.15, 0.2) is 54.9 Å². The highest BCUT2D eigenvalue weighted by Crippen LogP contribution is 2.45. The number of nitrogens with zero attached hydrogens (tertiary/aromatic N) is 4. The number of aryl methyl sites for hydroxylation is 2. The second-order valence-electron chi connectivity index (χ2n) is 21.0. The number of hydrazine groups is 1. The van der Waals surface area contributed by atoms with Gasteiger partial charge in [0.2, 0.25) is 15.9 Å². The number of likely N-dealkylation sites (N-methyl/N-ethyl adjacent to an activating group) is 1. The highest BCUT2D eigenvalue weighted by Gasteiger charge is 2.47. The maximum Gasteiger partial charge on any atom is 0.324 e. The van der Waals surface area contributed by atoms with Crippen molar-refractivity contribution in [2.24, 2.45) is 11.3 Å². The van der Waals surface area contributed by atoms with Crippen LogP contribution < -0.4 is 15.2 Å². The van der Waals surface area contributed by atoms with Gasteiger partial charge in [-0.15, -0.1) is 0 Å². The standard InChI is InChI=1S/C52H76N6O7SSi/c1-15-37-21-22-53-30-43(37)48-42-29-52(11,12)31-64-51(61)44-18-17-23-58(55-44)50(60)45(54-49(59)47(32(3)4)56(13)66(14,62)63)26-36-24-39(38-19-20-46(41(42)28-38)57(48)16-2)27-40(25-36)65-67(33(5)6,34(7)8)35(9)10/h19-22,24-25,27-28,30,32-35,44-45,47,55H,15-18,23,26,29,31H2,1-14H3,(H,54,59)/t44-,45-,47-/m0/s1. The predicted molar refractivity (Wildman–Crippen MR) is 271 cm³/mol. The van der Waals surface area contributed by atoms with Crippen molar-refractivity contribution in [2.45, 2.75) is 156 Å². The van der Waals surface area contributed by atoms with E-state index >= 15 is 0 Å². The molecule has 0 aliphatic carbocycles. The third kappa shape index (κ3) is 10.8. The number of rotatable bonds is 13. The third-order valence-electron chi connectivity index (χ3n) is 14.2. The van der Waals surface area contributed by atoms with Crippen LogP contribution in [0.5, 0.6) is 5.75 Å². The van der Waals surface area contributed by atoms with E-state index in [1.165, 1.54) is 17.6 Å². The van der Waals surface area contributed by atoms with E-state index in [-0.39, 0.29) is 29.7 Å². The van der Waals surface area contributed by atoms with E-state index in [4.69, 9.17) is 9.16 Å². The molecule has 0 radical (unpaired) electrons. The Morgan fingerprint density at radius 3 is 2.30 bits per heavy atom. The lowest BCUT2D eigenvalue weighted by atomic mass is 9.84. The van der Waals surface area contributed by atoms with Gasteiger partial charge in [-0.1, -0.05) is 88.3 Å². The molecule has 67 heavy (non-hydrogen) atoms. The molecule has 2 aliphatic rings. The zero-order chi connectivity index (χ0) is 49.3. The molecule has 6 bridgehead atoms. The highest BCUT2D eigenvalue weighted by molar-refractivity contribution is 7.88. The Kier molecular flexibility index (Phi) is 15.9. The molecule has 1 fully saturated rings. The number of aromatic nitrogens is 2. The fraction of sp³-hybridized carbons (Fsp3) is 0.577. The summed E-state index contributed by atoms with van der Waals surface area (Å²) in [7, 11) is -4.90. The molecule has 15 heteroatoms. The van der Waals surface area contributed by atoms with Crippen LogP contribution in [0.3, 0.4) is 0 Å². The number of nitrogens with one attached hydrogen (secondary N) is 2. The van der Waals surface area contributed by atoms with Gasteiger partial charge >= 0.3 is 5.97 Å². The van der Waals surface area contributed by atoms with Crippen molar-refractivity contribution in [3.63, 3.8) is 0 Å². The van der Waals surface area contributed by atoms with E-state index in [1.807, 2.05) is 18.5 Å². The number of amides is 2. The molecule has 1 saturated heterocycles. The number of esters is 1. The normalized spacial score (nSPS) is 19.1. The van der Waals surface area contributed by atoms with Crippen molar-refractivity contribution in [1.29, 1.82) is 0 Å². The summed E-state index contributed by atoms with van der Waals surface area (Å²) >= 11 is 0. The van der Waals surface area contributed by atoms with Gasteiger partial charge in [0.15, 0.2) is 0 Å². The minimum atomic E-state index is -3.78. The van der Waals surface area contributed by atoms with Crippen LogP contribution in [0.2, 0.25) is 16.6 Å². The topological polar surface area (TPSA) is 152 Å². The van der Waals surface area contributed by atoms with Crippen molar-refractivity contribution in [3.05, 3.63) is 71.5 Å². The van der Waals surface area contributed by atoms with Crippen LogP contribution in [-0.2, 0) is 55.0 Å². The number of cyclic esters (lactones) is 1. The van der Waals surface area contributed by atoms with Gasteiger partial charge in [-0.3, -0.25) is 24.4 Å². The zero-order valence-electron chi connectivity index (χ0n) is 42.4. The molecule has 4 heterocycles. The van der Waals surface area contributed by atoms with Crippen LogP contribution in [0.25, 0.3) is 33.3 Å². The third-order valence-corrected chi connectivity index (χ3v) is 21.5. The van der Waals surface area contributed by atoms with E-state index in [1.54, 1.807) is 13.8 Å². The van der Waals surface area contributed by atoms with Gasteiger partial charge in [-0.25, -0.2) is 13.8 Å². The number of carbonyl (C=O) groups excluding carboxylic acids is 3. The molecule has 13 nitrogen and oxygen atoms in total. The van der Waals surface area contributed by atoms with E-state index in [2.05, 4.69) is 126 Å². The summed E-state index contributed by atoms with van der Waals surface area (Å²) in [4.78, 5) is 47.9. The molecule has 366 valence electrons. The van der Waals surface area contributed by atoms with Gasteiger partial charge in [0, 0.05) is 60.8 Å². The van der Waals surface area contributed by atoms with Crippen molar-refractivity contribution in [1.82, 2.24) is 29.6 Å². The number of sulfonamides is 1. The largest absolute Gasteiger partial charge is 0.543 e. The van der Waals surface area contributed by atoms with Crippen LogP contribution in [-0.4, -0.2) is 98.0 Å². The lowest BCUT2D eigenvalue weighted by Crippen LogP contribution is -2.62. The highest BCUT2D eigenvalue weighted by atomic mass is 32.2. The number of hydrogen-bond acceptors (Lipinski definition) is 9. The van der Waals surface area contributed by atoms with Gasteiger partial charge in [-0.05, 0) is 113 Å². The summed E-state index contributed by atoms with van der Waals surface area (Å²) in [6.07, 6.45) is 7.37. The molecule has 0 saturated carbocycles. The number of benzene rings is 2. The molecule has 2 aromatic carbocycles. The Balaban J connectivity index is 1.63. The first-order valence-corrected chi connectivity index (χ1v) is 28.3. The minimum Gasteiger partial charge on any atom is -0.543 e. The Morgan fingerprint density at radius 2 is 1.69 bits per heavy atom. The van der Waals surface area contributed by atoms with Crippen molar-refractivity contribution < 1.29 is 32.0 Å². The zero-order valence-corrected chi connectivity index (χ0v) is 44.3. The van der Waals surface area contributed by atoms with Crippen LogP contribution in [0.1, 0.15) is 113 Å². The Hall–Kier alpha value is -4.57.